The highest BCUT2D eigenvalue weighted by molar-refractivity contribution is 7.89. The molecule has 0 aliphatic carbocycles. The number of guanidine groups is 1. The molecule has 0 amide bonds. The van der Waals surface area contributed by atoms with Crippen molar-refractivity contribution in [2.75, 3.05) is 64.0 Å². The minimum Gasteiger partial charge on any atom is -0.366 e. The predicted molar refractivity (Wildman–Crippen MR) is 108 cm³/mol. The van der Waals surface area contributed by atoms with Crippen molar-refractivity contribution in [3.63, 3.8) is 0 Å². The molecule has 1 heterocycles. The number of halogens is 1. The molecular formula is C18H30FN5O2S. The maximum atomic E-state index is 13.9. The summed E-state index contributed by atoms with van der Waals surface area (Å²) in [5.41, 5.74) is 0.639. The monoisotopic (exact) mass is 399 g/mol. The summed E-state index contributed by atoms with van der Waals surface area (Å²) in [5.74, 6) is 0.717. The summed E-state index contributed by atoms with van der Waals surface area (Å²) in [7, 11) is 0.210. The van der Waals surface area contributed by atoms with Gasteiger partial charge in [0.25, 0.3) is 0 Å². The largest absolute Gasteiger partial charge is 0.366 e. The number of rotatable bonds is 7. The molecule has 0 bridgehead atoms. The van der Waals surface area contributed by atoms with Gasteiger partial charge in [-0.15, -0.1) is 0 Å². The summed E-state index contributed by atoms with van der Waals surface area (Å²) >= 11 is 0. The van der Waals surface area contributed by atoms with Gasteiger partial charge in [-0.2, -0.15) is 0 Å². The van der Waals surface area contributed by atoms with Crippen molar-refractivity contribution in [1.29, 1.82) is 0 Å². The van der Waals surface area contributed by atoms with Gasteiger partial charge >= 0.3 is 0 Å². The van der Waals surface area contributed by atoms with Crippen molar-refractivity contribution in [1.82, 2.24) is 14.5 Å². The normalized spacial score (nSPS) is 16.1. The van der Waals surface area contributed by atoms with Crippen LogP contribution in [-0.4, -0.2) is 82.7 Å². The highest BCUT2D eigenvalue weighted by Crippen LogP contribution is 2.20. The zero-order chi connectivity index (χ0) is 19.9. The summed E-state index contributed by atoms with van der Waals surface area (Å²) in [6.45, 7) is 5.70. The summed E-state index contributed by atoms with van der Waals surface area (Å²) in [5, 5.41) is 3.29. The van der Waals surface area contributed by atoms with E-state index in [1.807, 2.05) is 11.0 Å². The fourth-order valence-electron chi connectivity index (χ4n) is 3.06. The number of aliphatic imine (C=N–C) groups is 1. The van der Waals surface area contributed by atoms with Gasteiger partial charge in [-0.05, 0) is 25.5 Å². The Bertz CT molecular complexity index is 733. The SMILES string of the molecule is CCS(=O)(=O)N(C)CCCNC(=NC)N1CCN(c2ccccc2F)CC1. The summed E-state index contributed by atoms with van der Waals surface area (Å²) in [4.78, 5) is 8.50. The number of hydrogen-bond acceptors (Lipinski definition) is 4. The van der Waals surface area contributed by atoms with Crippen LogP contribution in [0.2, 0.25) is 0 Å². The minimum absolute atomic E-state index is 0.116. The van der Waals surface area contributed by atoms with Crippen LogP contribution in [0.4, 0.5) is 10.1 Å². The standard InChI is InChI=1S/C18H30FN5O2S/c1-4-27(25,26)22(3)11-7-10-21-18(20-2)24-14-12-23(13-15-24)17-9-6-5-8-16(17)19/h5-6,8-9H,4,7,10-15H2,1-3H3,(H,20,21). The van der Waals surface area contributed by atoms with Gasteiger partial charge < -0.3 is 15.1 Å². The van der Waals surface area contributed by atoms with E-state index in [2.05, 4.69) is 15.2 Å². The molecule has 2 rings (SSSR count). The number of piperazine rings is 1. The highest BCUT2D eigenvalue weighted by atomic mass is 32.2. The van der Waals surface area contributed by atoms with Crippen molar-refractivity contribution in [3.05, 3.63) is 30.1 Å². The molecule has 0 unspecified atom stereocenters. The fraction of sp³-hybridized carbons (Fsp3) is 0.611. The molecule has 1 aliphatic heterocycles. The van der Waals surface area contributed by atoms with Crippen LogP contribution in [0.5, 0.6) is 0 Å². The Morgan fingerprint density at radius 2 is 1.93 bits per heavy atom. The van der Waals surface area contributed by atoms with Gasteiger partial charge in [-0.1, -0.05) is 12.1 Å². The van der Waals surface area contributed by atoms with Crippen molar-refractivity contribution in [2.24, 2.45) is 4.99 Å². The molecule has 1 aromatic rings. The molecule has 1 saturated heterocycles. The Kier molecular flexibility index (Phi) is 7.85. The Morgan fingerprint density at radius 3 is 2.52 bits per heavy atom. The Hall–Kier alpha value is -1.87. The molecule has 0 radical (unpaired) electrons. The van der Waals surface area contributed by atoms with Gasteiger partial charge in [-0.25, -0.2) is 17.1 Å². The second-order valence-corrected chi connectivity index (χ2v) is 8.84. The molecule has 0 atom stereocenters. The van der Waals surface area contributed by atoms with Crippen molar-refractivity contribution in [2.45, 2.75) is 13.3 Å². The van der Waals surface area contributed by atoms with Gasteiger partial charge in [0.1, 0.15) is 5.82 Å². The van der Waals surface area contributed by atoms with E-state index in [4.69, 9.17) is 0 Å². The maximum Gasteiger partial charge on any atom is 0.213 e. The van der Waals surface area contributed by atoms with Crippen LogP contribution in [0.15, 0.2) is 29.3 Å². The van der Waals surface area contributed by atoms with Crippen molar-refractivity contribution in [3.8, 4) is 0 Å². The molecule has 1 aromatic carbocycles. The average Bonchev–Trinajstić information content (AvgIpc) is 2.68. The predicted octanol–water partition coefficient (Wildman–Crippen LogP) is 1.19. The summed E-state index contributed by atoms with van der Waals surface area (Å²) < 4.78 is 38.8. The van der Waals surface area contributed by atoms with E-state index in [0.29, 0.717) is 25.2 Å². The van der Waals surface area contributed by atoms with Crippen LogP contribution in [0, 0.1) is 5.82 Å². The topological polar surface area (TPSA) is 68.2 Å². The molecule has 1 aliphatic rings. The lowest BCUT2D eigenvalue weighted by Crippen LogP contribution is -2.53. The van der Waals surface area contributed by atoms with Gasteiger partial charge in [0.05, 0.1) is 11.4 Å². The van der Waals surface area contributed by atoms with E-state index >= 15 is 0 Å². The van der Waals surface area contributed by atoms with E-state index in [9.17, 15) is 12.8 Å². The van der Waals surface area contributed by atoms with Crippen LogP contribution < -0.4 is 10.2 Å². The number of para-hydroxylation sites is 1. The quantitative estimate of drug-likeness (QED) is 0.424. The van der Waals surface area contributed by atoms with Crippen LogP contribution in [0.3, 0.4) is 0 Å². The molecule has 1 N–H and O–H groups in total. The summed E-state index contributed by atoms with van der Waals surface area (Å²) in [6.07, 6.45) is 0.698. The highest BCUT2D eigenvalue weighted by Gasteiger charge is 2.21. The van der Waals surface area contributed by atoms with Crippen molar-refractivity contribution < 1.29 is 12.8 Å². The molecule has 27 heavy (non-hydrogen) atoms. The first kappa shape index (κ1) is 21.4. The van der Waals surface area contributed by atoms with E-state index in [-0.39, 0.29) is 11.6 Å². The Labute approximate surface area is 161 Å². The van der Waals surface area contributed by atoms with Gasteiger partial charge in [0, 0.05) is 53.4 Å². The van der Waals surface area contributed by atoms with Crippen LogP contribution >= 0.6 is 0 Å². The first-order valence-corrected chi connectivity index (χ1v) is 10.9. The maximum absolute atomic E-state index is 13.9. The number of nitrogens with one attached hydrogen (secondary N) is 1. The fourth-order valence-corrected chi connectivity index (χ4v) is 3.91. The lowest BCUT2D eigenvalue weighted by Gasteiger charge is -2.37. The van der Waals surface area contributed by atoms with E-state index in [1.54, 1.807) is 33.2 Å². The number of hydrogen-bond donors (Lipinski definition) is 1. The lowest BCUT2D eigenvalue weighted by atomic mass is 10.2. The Balaban J connectivity index is 1.78. The molecule has 9 heteroatoms. The third-order valence-electron chi connectivity index (χ3n) is 4.76. The average molecular weight is 400 g/mol. The van der Waals surface area contributed by atoms with Gasteiger partial charge in [-0.3, -0.25) is 4.99 Å². The molecule has 1 fully saturated rings. The van der Waals surface area contributed by atoms with E-state index < -0.39 is 10.0 Å². The van der Waals surface area contributed by atoms with Crippen LogP contribution in [0.25, 0.3) is 0 Å². The van der Waals surface area contributed by atoms with Crippen LogP contribution in [0.1, 0.15) is 13.3 Å². The first-order chi connectivity index (χ1) is 12.9. The Morgan fingerprint density at radius 1 is 1.26 bits per heavy atom. The number of sulfonamides is 1. The molecular weight excluding hydrogens is 369 g/mol. The number of nitrogens with zero attached hydrogens (tertiary/aromatic N) is 4. The van der Waals surface area contributed by atoms with E-state index in [0.717, 1.165) is 32.1 Å². The second kappa shape index (κ2) is 9.89. The summed E-state index contributed by atoms with van der Waals surface area (Å²) in [6, 6.07) is 6.84. The molecule has 152 valence electrons. The zero-order valence-corrected chi connectivity index (χ0v) is 17.2. The second-order valence-electron chi connectivity index (χ2n) is 6.48. The lowest BCUT2D eigenvalue weighted by molar-refractivity contribution is 0.369. The number of anilines is 1. The molecule has 0 aromatic heterocycles. The van der Waals surface area contributed by atoms with Gasteiger partial charge in [0.15, 0.2) is 5.96 Å². The molecule has 0 saturated carbocycles. The number of benzene rings is 1. The molecule has 7 nitrogen and oxygen atoms in total. The third-order valence-corrected chi connectivity index (χ3v) is 6.62. The third kappa shape index (κ3) is 5.80. The van der Waals surface area contributed by atoms with Gasteiger partial charge in [0.2, 0.25) is 10.0 Å². The van der Waals surface area contributed by atoms with E-state index in [1.165, 1.54) is 10.4 Å². The first-order valence-electron chi connectivity index (χ1n) is 9.28. The smallest absolute Gasteiger partial charge is 0.213 e. The van der Waals surface area contributed by atoms with Crippen LogP contribution in [-0.2, 0) is 10.0 Å². The zero-order valence-electron chi connectivity index (χ0n) is 16.4. The van der Waals surface area contributed by atoms with Crippen molar-refractivity contribution >= 4 is 21.7 Å². The minimum atomic E-state index is -3.13. The molecule has 0 spiro atoms.